The first-order chi connectivity index (χ1) is 13.9. The molecule has 9 heteroatoms. The number of rotatable bonds is 3. The molecule has 0 saturated carbocycles. The number of hydrogen-bond donors (Lipinski definition) is 1. The lowest BCUT2D eigenvalue weighted by atomic mass is 10.0. The summed E-state index contributed by atoms with van der Waals surface area (Å²) in [5.41, 5.74) is 5.37. The van der Waals surface area contributed by atoms with Crippen LogP contribution in [0.4, 0.5) is 23.5 Å². The van der Waals surface area contributed by atoms with Crippen molar-refractivity contribution >= 4 is 16.9 Å². The molecule has 5 nitrogen and oxygen atoms in total. The Kier molecular flexibility index (Phi) is 4.50. The summed E-state index contributed by atoms with van der Waals surface area (Å²) in [5.74, 6) is -3.59. The van der Waals surface area contributed by atoms with Crippen molar-refractivity contribution < 1.29 is 27.1 Å². The summed E-state index contributed by atoms with van der Waals surface area (Å²) in [6.07, 6.45) is 1.38. The molecule has 0 amide bonds. The summed E-state index contributed by atoms with van der Waals surface area (Å²) >= 11 is 0. The standard InChI is InChI=1S/C20H13F4N4O/c1-29-28-8-7-12-17(11-6-5-10(21)9-15(11)24)26-20(25)27-18(12)19(28)16-13(22)3-2-4-14(16)23/h2-9H,1H3,(H2,25,26,27)/q+1. The minimum Gasteiger partial charge on any atom is -0.368 e. The van der Waals surface area contributed by atoms with Gasteiger partial charge in [0.1, 0.15) is 35.9 Å². The average molecular weight is 401 g/mol. The van der Waals surface area contributed by atoms with Crippen molar-refractivity contribution in [3.8, 4) is 22.5 Å². The summed E-state index contributed by atoms with van der Waals surface area (Å²) in [7, 11) is 1.30. The van der Waals surface area contributed by atoms with Gasteiger partial charge in [0.25, 0.3) is 5.69 Å². The highest BCUT2D eigenvalue weighted by atomic mass is 19.1. The van der Waals surface area contributed by atoms with Crippen LogP contribution in [0.25, 0.3) is 33.4 Å². The summed E-state index contributed by atoms with van der Waals surface area (Å²) in [4.78, 5) is 13.4. The number of fused-ring (bicyclic) bond motifs is 1. The van der Waals surface area contributed by atoms with Gasteiger partial charge in [-0.2, -0.15) is 0 Å². The maximum absolute atomic E-state index is 14.5. The average Bonchev–Trinajstić information content (AvgIpc) is 2.67. The maximum atomic E-state index is 14.5. The molecule has 2 N–H and O–H groups in total. The third-order valence-corrected chi connectivity index (χ3v) is 4.37. The molecule has 2 aromatic carbocycles. The molecule has 0 aliphatic carbocycles. The number of hydrogen-bond acceptors (Lipinski definition) is 4. The number of nitrogens with two attached hydrogens (primary N) is 1. The number of halogens is 4. The van der Waals surface area contributed by atoms with Crippen LogP contribution in [0.2, 0.25) is 0 Å². The van der Waals surface area contributed by atoms with E-state index in [0.717, 1.165) is 22.9 Å². The van der Waals surface area contributed by atoms with Gasteiger partial charge in [-0.15, -0.1) is 0 Å². The second-order valence-corrected chi connectivity index (χ2v) is 6.09. The quantitative estimate of drug-likeness (QED) is 0.422. The van der Waals surface area contributed by atoms with Crippen LogP contribution in [0, 0.1) is 23.3 Å². The van der Waals surface area contributed by atoms with Gasteiger partial charge < -0.3 is 5.73 Å². The van der Waals surface area contributed by atoms with Crippen LogP contribution < -0.4 is 15.3 Å². The Labute approximate surface area is 162 Å². The predicted molar refractivity (Wildman–Crippen MR) is 97.4 cm³/mol. The monoisotopic (exact) mass is 401 g/mol. The van der Waals surface area contributed by atoms with Gasteiger partial charge in [0.15, 0.2) is 5.52 Å². The van der Waals surface area contributed by atoms with Crippen LogP contribution >= 0.6 is 0 Å². The van der Waals surface area contributed by atoms with E-state index in [1.807, 2.05) is 0 Å². The SMILES string of the molecule is CO[n+]1ccc2c(-c3ccc(F)cc3F)nc(N)nc2c1-c1c(F)cccc1F. The molecule has 4 rings (SSSR count). The number of nitrogens with zero attached hydrogens (tertiary/aromatic N) is 3. The predicted octanol–water partition coefficient (Wildman–Crippen LogP) is 3.45. The molecule has 0 fully saturated rings. The van der Waals surface area contributed by atoms with Crippen molar-refractivity contribution in [3.05, 3.63) is 71.9 Å². The van der Waals surface area contributed by atoms with E-state index >= 15 is 0 Å². The fraction of sp³-hybridized carbons (Fsp3) is 0.0500. The lowest BCUT2D eigenvalue weighted by Crippen LogP contribution is -2.43. The Morgan fingerprint density at radius 3 is 2.31 bits per heavy atom. The second kappa shape index (κ2) is 7.01. The Hall–Kier alpha value is -3.75. The molecule has 29 heavy (non-hydrogen) atoms. The van der Waals surface area contributed by atoms with Crippen LogP contribution in [-0.4, -0.2) is 17.1 Å². The molecule has 4 aromatic rings. The van der Waals surface area contributed by atoms with Gasteiger partial charge in [0.2, 0.25) is 12.1 Å². The Balaban J connectivity index is 2.14. The molecule has 0 radical (unpaired) electrons. The lowest BCUT2D eigenvalue weighted by Gasteiger charge is -2.10. The number of aromatic nitrogens is 3. The third-order valence-electron chi connectivity index (χ3n) is 4.37. The zero-order valence-electron chi connectivity index (χ0n) is 15.0. The Bertz CT molecular complexity index is 1240. The molecule has 2 aromatic heterocycles. The molecule has 0 atom stereocenters. The molecule has 0 aliphatic heterocycles. The van der Waals surface area contributed by atoms with Gasteiger partial charge in [0, 0.05) is 27.8 Å². The fourth-order valence-corrected chi connectivity index (χ4v) is 3.14. The summed E-state index contributed by atoms with van der Waals surface area (Å²) < 4.78 is 57.9. The number of nitrogen functional groups attached to an aromatic ring is 1. The van der Waals surface area contributed by atoms with Crippen molar-refractivity contribution in [2.24, 2.45) is 0 Å². The zero-order valence-corrected chi connectivity index (χ0v) is 15.0. The van der Waals surface area contributed by atoms with Crippen LogP contribution in [-0.2, 0) is 0 Å². The zero-order chi connectivity index (χ0) is 20.7. The van der Waals surface area contributed by atoms with Gasteiger partial charge in [-0.25, -0.2) is 27.5 Å². The molecule has 0 bridgehead atoms. The maximum Gasteiger partial charge on any atom is 0.296 e. The molecule has 0 unspecified atom stereocenters. The molecule has 0 saturated heterocycles. The van der Waals surface area contributed by atoms with Crippen molar-refractivity contribution in [1.82, 2.24) is 9.97 Å². The van der Waals surface area contributed by atoms with Gasteiger partial charge in [0.05, 0.1) is 5.69 Å². The largest absolute Gasteiger partial charge is 0.368 e. The Morgan fingerprint density at radius 2 is 1.66 bits per heavy atom. The minimum atomic E-state index is -0.869. The van der Waals surface area contributed by atoms with Gasteiger partial charge in [-0.3, -0.25) is 4.84 Å². The van der Waals surface area contributed by atoms with E-state index in [2.05, 4.69) is 9.97 Å². The van der Waals surface area contributed by atoms with Gasteiger partial charge in [-0.05, 0) is 24.3 Å². The first-order valence-corrected chi connectivity index (χ1v) is 8.37. The minimum absolute atomic E-state index is 0.0320. The molecule has 0 aliphatic rings. The summed E-state index contributed by atoms with van der Waals surface area (Å²) in [6.45, 7) is 0. The lowest BCUT2D eigenvalue weighted by molar-refractivity contribution is -0.876. The highest BCUT2D eigenvalue weighted by molar-refractivity contribution is 5.98. The van der Waals surface area contributed by atoms with Gasteiger partial charge in [-0.1, -0.05) is 6.07 Å². The van der Waals surface area contributed by atoms with Crippen molar-refractivity contribution in [1.29, 1.82) is 0 Å². The number of anilines is 1. The van der Waals surface area contributed by atoms with E-state index in [9.17, 15) is 17.6 Å². The first kappa shape index (κ1) is 18.6. The van der Waals surface area contributed by atoms with Crippen molar-refractivity contribution in [3.63, 3.8) is 0 Å². The highest BCUT2D eigenvalue weighted by Crippen LogP contribution is 2.34. The second-order valence-electron chi connectivity index (χ2n) is 6.09. The topological polar surface area (TPSA) is 64.9 Å². The van der Waals surface area contributed by atoms with E-state index in [1.165, 1.54) is 31.5 Å². The van der Waals surface area contributed by atoms with Crippen LogP contribution in [0.5, 0.6) is 0 Å². The van der Waals surface area contributed by atoms with E-state index < -0.39 is 28.8 Å². The van der Waals surface area contributed by atoms with Gasteiger partial charge >= 0.3 is 0 Å². The van der Waals surface area contributed by atoms with Crippen LogP contribution in [0.3, 0.4) is 0 Å². The van der Waals surface area contributed by atoms with E-state index in [4.69, 9.17) is 10.6 Å². The van der Waals surface area contributed by atoms with Crippen molar-refractivity contribution in [2.45, 2.75) is 0 Å². The van der Waals surface area contributed by atoms with Crippen LogP contribution in [0.1, 0.15) is 0 Å². The first-order valence-electron chi connectivity index (χ1n) is 8.37. The highest BCUT2D eigenvalue weighted by Gasteiger charge is 2.29. The number of benzene rings is 2. The van der Waals surface area contributed by atoms with E-state index in [0.29, 0.717) is 6.07 Å². The molecule has 0 spiro atoms. The molecule has 146 valence electrons. The molecular formula is C20H13F4N4O+. The molecular weight excluding hydrogens is 388 g/mol. The Morgan fingerprint density at radius 1 is 0.931 bits per heavy atom. The van der Waals surface area contributed by atoms with E-state index in [-0.39, 0.29) is 33.8 Å². The normalized spacial score (nSPS) is 11.1. The third kappa shape index (κ3) is 3.10. The van der Waals surface area contributed by atoms with Crippen molar-refractivity contribution in [2.75, 3.05) is 12.8 Å². The fourth-order valence-electron chi connectivity index (χ4n) is 3.14. The smallest absolute Gasteiger partial charge is 0.296 e. The number of pyridine rings is 1. The summed E-state index contributed by atoms with van der Waals surface area (Å²) in [5, 5.41) is 0.246. The summed E-state index contributed by atoms with van der Waals surface area (Å²) in [6, 6.07) is 7.85. The van der Waals surface area contributed by atoms with Crippen LogP contribution in [0.15, 0.2) is 48.7 Å². The molecule has 2 heterocycles. The van der Waals surface area contributed by atoms with E-state index in [1.54, 1.807) is 0 Å².